The maximum atomic E-state index is 11.4. The summed E-state index contributed by atoms with van der Waals surface area (Å²) in [6, 6.07) is 0. The van der Waals surface area contributed by atoms with Crippen molar-refractivity contribution in [3.63, 3.8) is 0 Å². The highest BCUT2D eigenvalue weighted by Gasteiger charge is 2.59. The van der Waals surface area contributed by atoms with Crippen LogP contribution in [0.15, 0.2) is 0 Å². The van der Waals surface area contributed by atoms with E-state index in [1.54, 1.807) is 0 Å². The number of Topliss-reactive ketones (excluding diaryl/α,β-unsaturated/α-hetero) is 2. The number of ketones is 2. The lowest BCUT2D eigenvalue weighted by molar-refractivity contribution is -0.148. The molecule has 2 spiro atoms. The van der Waals surface area contributed by atoms with Crippen molar-refractivity contribution < 1.29 is 9.59 Å². The second-order valence-corrected chi connectivity index (χ2v) is 5.56. The predicted octanol–water partition coefficient (Wildman–Crippen LogP) is 1.70. The second-order valence-electron chi connectivity index (χ2n) is 5.56. The van der Waals surface area contributed by atoms with Crippen molar-refractivity contribution in [1.82, 2.24) is 5.32 Å². The number of rotatable bonds is 0. The van der Waals surface area contributed by atoms with Gasteiger partial charge >= 0.3 is 0 Å². The number of carbonyl (C=O) groups excluding carboxylic acids is 2. The van der Waals surface area contributed by atoms with Gasteiger partial charge in [-0.15, -0.1) is 0 Å². The molecule has 0 aromatic rings. The lowest BCUT2D eigenvalue weighted by Crippen LogP contribution is -2.65. The van der Waals surface area contributed by atoms with Crippen molar-refractivity contribution in [2.75, 3.05) is 13.1 Å². The van der Waals surface area contributed by atoms with Crippen molar-refractivity contribution in [3.8, 4) is 0 Å². The van der Waals surface area contributed by atoms with E-state index in [0.29, 0.717) is 18.3 Å². The van der Waals surface area contributed by atoms with Crippen LogP contribution >= 0.6 is 0 Å². The third kappa shape index (κ3) is 1.81. The molecule has 1 aliphatic heterocycles. The van der Waals surface area contributed by atoms with E-state index in [9.17, 15) is 9.59 Å². The highest BCUT2D eigenvalue weighted by Crippen LogP contribution is 2.61. The van der Waals surface area contributed by atoms with Crippen LogP contribution < -0.4 is 5.32 Å². The van der Waals surface area contributed by atoms with Crippen molar-refractivity contribution in [2.45, 2.75) is 46.0 Å². The summed E-state index contributed by atoms with van der Waals surface area (Å²) in [5, 5.41) is 3.28. The molecule has 0 amide bonds. The van der Waals surface area contributed by atoms with E-state index >= 15 is 0 Å². The summed E-state index contributed by atoms with van der Waals surface area (Å²) in [7, 11) is 0. The first kappa shape index (κ1) is 11.8. The van der Waals surface area contributed by atoms with Crippen LogP contribution in [0.25, 0.3) is 0 Å². The van der Waals surface area contributed by atoms with Crippen molar-refractivity contribution in [1.29, 1.82) is 0 Å². The van der Waals surface area contributed by atoms with E-state index in [-0.39, 0.29) is 23.4 Å². The van der Waals surface area contributed by atoms with E-state index in [0.717, 1.165) is 25.9 Å². The average molecular weight is 223 g/mol. The molecule has 0 radical (unpaired) electrons. The second kappa shape index (κ2) is 3.95. The minimum Gasteiger partial charge on any atom is -0.316 e. The molecule has 3 rings (SSSR count). The van der Waals surface area contributed by atoms with Gasteiger partial charge in [0.25, 0.3) is 0 Å². The van der Waals surface area contributed by atoms with Crippen LogP contribution in [0.1, 0.15) is 46.0 Å². The summed E-state index contributed by atoms with van der Waals surface area (Å²) in [5.74, 6) is 0.340. The van der Waals surface area contributed by atoms with Crippen LogP contribution in [0.4, 0.5) is 0 Å². The topological polar surface area (TPSA) is 46.2 Å². The maximum Gasteiger partial charge on any atom is 0.140 e. The smallest absolute Gasteiger partial charge is 0.140 e. The van der Waals surface area contributed by atoms with E-state index in [1.165, 1.54) is 0 Å². The molecule has 1 heterocycles. The zero-order valence-corrected chi connectivity index (χ0v) is 10.3. The van der Waals surface area contributed by atoms with Crippen molar-refractivity contribution in [2.24, 2.45) is 10.8 Å². The fourth-order valence-corrected chi connectivity index (χ4v) is 3.76. The number of nitrogens with one attached hydrogen (secondary N) is 1. The normalized spacial score (nSPS) is 29.1. The predicted molar refractivity (Wildman–Crippen MR) is 62.2 cm³/mol. The Balaban J connectivity index is 0.000000457. The quantitative estimate of drug-likeness (QED) is 0.636. The van der Waals surface area contributed by atoms with Gasteiger partial charge in [0.2, 0.25) is 0 Å². The van der Waals surface area contributed by atoms with E-state index in [1.807, 2.05) is 13.8 Å². The number of carbonyl (C=O) groups is 2. The Morgan fingerprint density at radius 2 is 1.44 bits per heavy atom. The zero-order chi connectivity index (χ0) is 11.8. The lowest BCUT2D eigenvalue weighted by atomic mass is 9.46. The van der Waals surface area contributed by atoms with Crippen molar-refractivity contribution in [3.05, 3.63) is 0 Å². The lowest BCUT2D eigenvalue weighted by Gasteiger charge is -2.62. The van der Waals surface area contributed by atoms with E-state index in [4.69, 9.17) is 0 Å². The number of hydrogen-bond acceptors (Lipinski definition) is 3. The summed E-state index contributed by atoms with van der Waals surface area (Å²) < 4.78 is 0. The summed E-state index contributed by atoms with van der Waals surface area (Å²) >= 11 is 0. The molecule has 0 atom stereocenters. The monoisotopic (exact) mass is 223 g/mol. The molecular weight excluding hydrogens is 202 g/mol. The maximum absolute atomic E-state index is 11.4. The minimum atomic E-state index is 0.0918. The summed E-state index contributed by atoms with van der Waals surface area (Å²) in [6.45, 7) is 6.19. The Labute approximate surface area is 97.0 Å². The Bertz CT molecular complexity index is 292. The van der Waals surface area contributed by atoms with E-state index in [2.05, 4.69) is 5.32 Å². The van der Waals surface area contributed by atoms with Crippen molar-refractivity contribution >= 4 is 11.6 Å². The molecule has 1 saturated heterocycles. The molecule has 0 unspecified atom stereocenters. The summed E-state index contributed by atoms with van der Waals surface area (Å²) in [4.78, 5) is 22.7. The third-order valence-corrected chi connectivity index (χ3v) is 4.04. The van der Waals surface area contributed by atoms with E-state index < -0.39 is 0 Å². The highest BCUT2D eigenvalue weighted by molar-refractivity contribution is 6.02. The van der Waals surface area contributed by atoms with Gasteiger partial charge in [-0.05, 0) is 23.7 Å². The third-order valence-electron chi connectivity index (χ3n) is 4.04. The van der Waals surface area contributed by atoms with Gasteiger partial charge < -0.3 is 5.32 Å². The summed E-state index contributed by atoms with van der Waals surface area (Å²) in [5.41, 5.74) is 0.562. The Hall–Kier alpha value is -0.700. The molecule has 1 N–H and O–H groups in total. The molecule has 2 aliphatic carbocycles. The first-order valence-corrected chi connectivity index (χ1v) is 6.36. The standard InChI is InChI=1S/C11H15NO2.C2H6/c13-8-1-9(14)3-10(2-8)4-11(5-10)6-12-7-11;1-2/h12H,1-7H2;1-2H3. The minimum absolute atomic E-state index is 0.0918. The highest BCUT2D eigenvalue weighted by atomic mass is 16.1. The molecule has 90 valence electrons. The Kier molecular flexibility index (Phi) is 2.91. The Morgan fingerprint density at radius 1 is 0.938 bits per heavy atom. The molecule has 2 saturated carbocycles. The van der Waals surface area contributed by atoms with Crippen LogP contribution in [-0.2, 0) is 9.59 Å². The van der Waals surface area contributed by atoms with Gasteiger partial charge in [-0.3, -0.25) is 9.59 Å². The van der Waals surface area contributed by atoms with Gasteiger partial charge in [-0.25, -0.2) is 0 Å². The molecule has 3 heteroatoms. The zero-order valence-electron chi connectivity index (χ0n) is 10.3. The molecule has 3 fully saturated rings. The fourth-order valence-electron chi connectivity index (χ4n) is 3.76. The van der Waals surface area contributed by atoms with Gasteiger partial charge in [0.15, 0.2) is 0 Å². The Morgan fingerprint density at radius 3 is 1.81 bits per heavy atom. The van der Waals surface area contributed by atoms with Gasteiger partial charge in [-0.1, -0.05) is 13.8 Å². The first-order valence-electron chi connectivity index (χ1n) is 6.36. The SMILES string of the molecule is CC.O=C1CC(=O)CC2(C1)CC1(CNC1)C2. The van der Waals surface area contributed by atoms with Gasteiger partial charge in [0.05, 0.1) is 6.42 Å². The molecule has 0 bridgehead atoms. The molecule has 16 heavy (non-hydrogen) atoms. The molecule has 3 nitrogen and oxygen atoms in total. The van der Waals surface area contributed by atoms with Gasteiger partial charge in [0, 0.05) is 25.9 Å². The fraction of sp³-hybridized carbons (Fsp3) is 0.846. The molecule has 0 aromatic heterocycles. The van der Waals surface area contributed by atoms with Crippen LogP contribution in [0.5, 0.6) is 0 Å². The number of hydrogen-bond donors (Lipinski definition) is 1. The average Bonchev–Trinajstić information content (AvgIpc) is 2.12. The van der Waals surface area contributed by atoms with Gasteiger partial charge in [0.1, 0.15) is 11.6 Å². The largest absolute Gasteiger partial charge is 0.316 e. The summed E-state index contributed by atoms with van der Waals surface area (Å²) in [6.07, 6.45) is 3.74. The van der Waals surface area contributed by atoms with Crippen LogP contribution in [0, 0.1) is 10.8 Å². The van der Waals surface area contributed by atoms with Crippen LogP contribution in [0.2, 0.25) is 0 Å². The molecule has 3 aliphatic rings. The first-order chi connectivity index (χ1) is 7.62. The van der Waals surface area contributed by atoms with Crippen LogP contribution in [0.3, 0.4) is 0 Å². The molecule has 0 aromatic carbocycles. The van der Waals surface area contributed by atoms with Gasteiger partial charge in [-0.2, -0.15) is 0 Å². The molecular formula is C13H21NO2. The van der Waals surface area contributed by atoms with Crippen LogP contribution in [-0.4, -0.2) is 24.7 Å².